The molecule has 40 heavy (non-hydrogen) atoms. The average molecular weight is 528 g/mol. The number of hydrogen-bond acceptors (Lipinski definition) is 2. The Kier molecular flexibility index (Phi) is 5.39. The van der Waals surface area contributed by atoms with Gasteiger partial charge in [0.1, 0.15) is 0 Å². The first-order valence-electron chi connectivity index (χ1n) is 13.6. The summed E-state index contributed by atoms with van der Waals surface area (Å²) >= 11 is 1.86. The van der Waals surface area contributed by atoms with Crippen LogP contribution < -0.4 is 5.32 Å². The summed E-state index contributed by atoms with van der Waals surface area (Å²) in [5.41, 5.74) is 7.11. The molecule has 1 N–H and O–H groups in total. The summed E-state index contributed by atoms with van der Waals surface area (Å²) in [7, 11) is 0. The molecule has 1 nitrogen and oxygen atoms in total. The minimum absolute atomic E-state index is 1.08. The number of nitrogens with one attached hydrogen (secondary N) is 1. The van der Waals surface area contributed by atoms with Crippen LogP contribution >= 0.6 is 11.3 Å². The average Bonchev–Trinajstić information content (AvgIpc) is 3.39. The third-order valence-electron chi connectivity index (χ3n) is 7.85. The Labute approximate surface area is 237 Å². The van der Waals surface area contributed by atoms with E-state index in [-0.39, 0.29) is 0 Å². The SMILES string of the molecule is c1ccc2c(c1)cc(-c1ccc(Nc3ccc(-c4ccc5sc6ccccc6c5c4)cc3)cc1)c1ccccc12. The number of rotatable bonds is 4. The van der Waals surface area contributed by atoms with Crippen LogP contribution in [0, 0.1) is 0 Å². The van der Waals surface area contributed by atoms with Gasteiger partial charge < -0.3 is 5.32 Å². The Morgan fingerprint density at radius 2 is 0.950 bits per heavy atom. The van der Waals surface area contributed by atoms with Gasteiger partial charge in [-0.05, 0) is 92.3 Å². The quantitative estimate of drug-likeness (QED) is 0.224. The molecule has 8 rings (SSSR count). The maximum atomic E-state index is 3.58. The third kappa shape index (κ3) is 3.93. The molecule has 0 radical (unpaired) electrons. The van der Waals surface area contributed by atoms with E-state index in [1.165, 1.54) is 64.0 Å². The first-order chi connectivity index (χ1) is 19.8. The number of hydrogen-bond donors (Lipinski definition) is 1. The van der Waals surface area contributed by atoms with Gasteiger partial charge in [-0.25, -0.2) is 0 Å². The predicted molar refractivity (Wildman–Crippen MR) is 175 cm³/mol. The van der Waals surface area contributed by atoms with E-state index < -0.39 is 0 Å². The lowest BCUT2D eigenvalue weighted by atomic mass is 9.93. The van der Waals surface area contributed by atoms with E-state index in [9.17, 15) is 0 Å². The first-order valence-corrected chi connectivity index (χ1v) is 14.4. The van der Waals surface area contributed by atoms with E-state index >= 15 is 0 Å². The highest BCUT2D eigenvalue weighted by molar-refractivity contribution is 7.25. The van der Waals surface area contributed by atoms with Crippen LogP contribution in [-0.2, 0) is 0 Å². The van der Waals surface area contributed by atoms with Crippen molar-refractivity contribution in [1.82, 2.24) is 0 Å². The highest BCUT2D eigenvalue weighted by Crippen LogP contribution is 2.37. The summed E-state index contributed by atoms with van der Waals surface area (Å²) in [6.45, 7) is 0. The van der Waals surface area contributed by atoms with Crippen molar-refractivity contribution in [3.63, 3.8) is 0 Å². The van der Waals surface area contributed by atoms with Gasteiger partial charge in [-0.2, -0.15) is 0 Å². The third-order valence-corrected chi connectivity index (χ3v) is 9.00. The van der Waals surface area contributed by atoms with E-state index in [1.54, 1.807) is 0 Å². The molecule has 0 aliphatic heterocycles. The summed E-state index contributed by atoms with van der Waals surface area (Å²) in [5, 5.41) is 11.4. The molecule has 0 unspecified atom stereocenters. The van der Waals surface area contributed by atoms with Gasteiger partial charge in [-0.15, -0.1) is 11.3 Å². The Hall–Kier alpha value is -4.92. The summed E-state index contributed by atoms with van der Waals surface area (Å²) in [6.07, 6.45) is 0. The van der Waals surface area contributed by atoms with E-state index in [4.69, 9.17) is 0 Å². The van der Waals surface area contributed by atoms with Gasteiger partial charge in [0.2, 0.25) is 0 Å². The van der Waals surface area contributed by atoms with Crippen LogP contribution in [0.5, 0.6) is 0 Å². The largest absolute Gasteiger partial charge is 0.356 e. The summed E-state index contributed by atoms with van der Waals surface area (Å²) in [4.78, 5) is 0. The minimum atomic E-state index is 1.08. The van der Waals surface area contributed by atoms with Gasteiger partial charge in [0.15, 0.2) is 0 Å². The molecule has 8 aromatic rings. The van der Waals surface area contributed by atoms with Crippen LogP contribution in [0.25, 0.3) is 64.0 Å². The Balaban J connectivity index is 1.07. The fraction of sp³-hybridized carbons (Fsp3) is 0. The molecule has 0 spiro atoms. The Morgan fingerprint density at radius 1 is 0.375 bits per heavy atom. The second-order valence-electron chi connectivity index (χ2n) is 10.3. The van der Waals surface area contributed by atoms with Gasteiger partial charge in [-0.1, -0.05) is 97.1 Å². The van der Waals surface area contributed by atoms with Crippen LogP contribution in [0.4, 0.5) is 11.4 Å². The molecule has 7 aromatic carbocycles. The van der Waals surface area contributed by atoms with Gasteiger partial charge in [0.25, 0.3) is 0 Å². The van der Waals surface area contributed by atoms with Crippen molar-refractivity contribution in [2.45, 2.75) is 0 Å². The molecule has 188 valence electrons. The van der Waals surface area contributed by atoms with Crippen molar-refractivity contribution >= 4 is 64.4 Å². The van der Waals surface area contributed by atoms with Crippen LogP contribution in [0.3, 0.4) is 0 Å². The summed E-state index contributed by atoms with van der Waals surface area (Å²) < 4.78 is 2.68. The highest BCUT2D eigenvalue weighted by Gasteiger charge is 2.09. The van der Waals surface area contributed by atoms with E-state index in [1.807, 2.05) is 11.3 Å². The highest BCUT2D eigenvalue weighted by atomic mass is 32.1. The van der Waals surface area contributed by atoms with Crippen LogP contribution in [0.2, 0.25) is 0 Å². The zero-order chi connectivity index (χ0) is 26.5. The smallest absolute Gasteiger partial charge is 0.0384 e. The van der Waals surface area contributed by atoms with Gasteiger partial charge in [-0.3, -0.25) is 0 Å². The van der Waals surface area contributed by atoms with Crippen molar-refractivity contribution in [2.75, 3.05) is 5.32 Å². The van der Waals surface area contributed by atoms with Crippen LogP contribution in [0.15, 0.2) is 146 Å². The van der Waals surface area contributed by atoms with E-state index in [2.05, 4.69) is 151 Å². The molecule has 0 aliphatic rings. The molecule has 0 aliphatic carbocycles. The molecule has 0 fully saturated rings. The van der Waals surface area contributed by atoms with Crippen molar-refractivity contribution in [1.29, 1.82) is 0 Å². The molecular formula is C38H25NS. The number of fused-ring (bicyclic) bond motifs is 6. The molecule has 1 heterocycles. The van der Waals surface area contributed by atoms with Crippen molar-refractivity contribution in [3.8, 4) is 22.3 Å². The molecular weight excluding hydrogens is 502 g/mol. The number of thiophene rings is 1. The number of benzene rings is 7. The molecule has 2 heteroatoms. The van der Waals surface area contributed by atoms with Crippen LogP contribution in [-0.4, -0.2) is 0 Å². The zero-order valence-corrected chi connectivity index (χ0v) is 22.6. The zero-order valence-electron chi connectivity index (χ0n) is 21.8. The lowest BCUT2D eigenvalue weighted by Crippen LogP contribution is -1.91. The summed E-state index contributed by atoms with van der Waals surface area (Å²) in [5.74, 6) is 0. The molecule has 0 saturated heterocycles. The van der Waals surface area contributed by atoms with Gasteiger partial charge >= 0.3 is 0 Å². The summed E-state index contributed by atoms with van der Waals surface area (Å²) in [6, 6.07) is 52.6. The molecule has 0 bridgehead atoms. The standard InChI is InChI=1S/C38H25NS/c1-2-8-31-28(7-1)24-35(33-10-4-3-9-32(31)33)26-15-20-30(21-16-26)39-29-18-13-25(14-19-29)27-17-22-38-36(23-27)34-11-5-6-12-37(34)40-38/h1-24,39H. The predicted octanol–water partition coefficient (Wildman–Crippen LogP) is 11.4. The number of anilines is 2. The fourth-order valence-electron chi connectivity index (χ4n) is 5.84. The van der Waals surface area contributed by atoms with Crippen LogP contribution in [0.1, 0.15) is 0 Å². The first kappa shape index (κ1) is 23.0. The van der Waals surface area contributed by atoms with E-state index in [0.717, 1.165) is 11.4 Å². The molecule has 0 atom stereocenters. The van der Waals surface area contributed by atoms with Gasteiger partial charge in [0, 0.05) is 31.5 Å². The monoisotopic (exact) mass is 527 g/mol. The fourth-order valence-corrected chi connectivity index (χ4v) is 6.93. The maximum Gasteiger partial charge on any atom is 0.0384 e. The van der Waals surface area contributed by atoms with E-state index in [0.29, 0.717) is 0 Å². The lowest BCUT2D eigenvalue weighted by Gasteiger charge is -2.12. The normalized spacial score (nSPS) is 11.5. The van der Waals surface area contributed by atoms with Crippen molar-refractivity contribution in [3.05, 3.63) is 146 Å². The van der Waals surface area contributed by atoms with Crippen molar-refractivity contribution < 1.29 is 0 Å². The van der Waals surface area contributed by atoms with Gasteiger partial charge in [0.05, 0.1) is 0 Å². The topological polar surface area (TPSA) is 12.0 Å². The Bertz CT molecular complexity index is 2170. The van der Waals surface area contributed by atoms with Crippen molar-refractivity contribution in [2.24, 2.45) is 0 Å². The second-order valence-corrected chi connectivity index (χ2v) is 11.4. The Morgan fingerprint density at radius 3 is 1.73 bits per heavy atom. The molecule has 1 aromatic heterocycles. The maximum absolute atomic E-state index is 3.58. The second kappa shape index (κ2) is 9.37. The molecule has 0 saturated carbocycles. The minimum Gasteiger partial charge on any atom is -0.356 e. The lowest BCUT2D eigenvalue weighted by molar-refractivity contribution is 1.54. The molecule has 0 amide bonds.